The van der Waals surface area contributed by atoms with Crippen LogP contribution >= 0.6 is 0 Å². The van der Waals surface area contributed by atoms with Crippen molar-refractivity contribution in [2.45, 2.75) is 13.2 Å². The van der Waals surface area contributed by atoms with Crippen LogP contribution in [0.1, 0.15) is 34.8 Å². The van der Waals surface area contributed by atoms with Crippen molar-refractivity contribution in [2.75, 3.05) is 19.8 Å². The summed E-state index contributed by atoms with van der Waals surface area (Å²) in [5, 5.41) is 16.0. The largest absolute Gasteiger partial charge is 0.461 e. The summed E-state index contributed by atoms with van der Waals surface area (Å²) in [5.74, 6) is -0.591. The van der Waals surface area contributed by atoms with Gasteiger partial charge in [-0.25, -0.2) is 4.79 Å². The Balaban J connectivity index is 1.89. The van der Waals surface area contributed by atoms with Crippen molar-refractivity contribution >= 4 is 5.97 Å². The quantitative estimate of drug-likeness (QED) is 0.869. The number of nitrogens with zero attached hydrogens (tertiary/aromatic N) is 2. The van der Waals surface area contributed by atoms with Gasteiger partial charge in [-0.3, -0.25) is 5.10 Å². The van der Waals surface area contributed by atoms with Crippen LogP contribution in [-0.4, -0.2) is 36.0 Å². The van der Waals surface area contributed by atoms with E-state index < -0.39 is 5.97 Å². The highest BCUT2D eigenvalue weighted by molar-refractivity contribution is 5.92. The second kappa shape index (κ2) is 6.60. The minimum absolute atomic E-state index is 0.0656. The molecule has 118 valence electrons. The SMILES string of the molecule is CCOC(=O)c1[nH]nc(-c2ccc(C3OCCO3)cc2)c1C#N. The topological polar surface area (TPSA) is 97.2 Å². The van der Waals surface area contributed by atoms with Crippen LogP contribution in [0.5, 0.6) is 0 Å². The molecule has 7 nitrogen and oxygen atoms in total. The van der Waals surface area contributed by atoms with Crippen molar-refractivity contribution in [2.24, 2.45) is 0 Å². The number of esters is 1. The van der Waals surface area contributed by atoms with Gasteiger partial charge in [0.1, 0.15) is 17.3 Å². The Morgan fingerprint density at radius 1 is 1.39 bits per heavy atom. The number of nitrogens with one attached hydrogen (secondary N) is 1. The van der Waals surface area contributed by atoms with Crippen LogP contribution in [0, 0.1) is 11.3 Å². The summed E-state index contributed by atoms with van der Waals surface area (Å²) in [4.78, 5) is 11.8. The molecule has 0 aliphatic carbocycles. The van der Waals surface area contributed by atoms with Gasteiger partial charge < -0.3 is 14.2 Å². The number of carbonyl (C=O) groups is 1. The Labute approximate surface area is 132 Å². The second-order valence-corrected chi connectivity index (χ2v) is 4.85. The normalized spacial score (nSPS) is 14.6. The van der Waals surface area contributed by atoms with E-state index in [0.29, 0.717) is 18.9 Å². The number of hydrogen-bond acceptors (Lipinski definition) is 6. The van der Waals surface area contributed by atoms with Crippen LogP contribution in [-0.2, 0) is 14.2 Å². The van der Waals surface area contributed by atoms with Crippen LogP contribution in [0.25, 0.3) is 11.3 Å². The fourth-order valence-corrected chi connectivity index (χ4v) is 2.36. The van der Waals surface area contributed by atoms with Crippen molar-refractivity contribution in [3.8, 4) is 17.3 Å². The van der Waals surface area contributed by atoms with Gasteiger partial charge in [0.25, 0.3) is 0 Å². The number of aromatic amines is 1. The van der Waals surface area contributed by atoms with E-state index in [0.717, 1.165) is 11.1 Å². The minimum Gasteiger partial charge on any atom is -0.461 e. The molecule has 1 fully saturated rings. The average Bonchev–Trinajstić information content (AvgIpc) is 3.24. The number of ether oxygens (including phenoxy) is 3. The molecule has 1 aliphatic heterocycles. The highest BCUT2D eigenvalue weighted by atomic mass is 16.7. The van der Waals surface area contributed by atoms with E-state index >= 15 is 0 Å². The Hall–Kier alpha value is -2.69. The zero-order valence-electron chi connectivity index (χ0n) is 12.5. The van der Waals surface area contributed by atoms with Crippen molar-refractivity contribution in [3.05, 3.63) is 41.1 Å². The molecule has 1 aromatic carbocycles. The highest BCUT2D eigenvalue weighted by Crippen LogP contribution is 2.28. The summed E-state index contributed by atoms with van der Waals surface area (Å²) in [6.45, 7) is 3.09. The van der Waals surface area contributed by atoms with Crippen LogP contribution < -0.4 is 0 Å². The summed E-state index contributed by atoms with van der Waals surface area (Å²) >= 11 is 0. The van der Waals surface area contributed by atoms with Crippen LogP contribution in [0.4, 0.5) is 0 Å². The molecule has 0 radical (unpaired) electrons. The van der Waals surface area contributed by atoms with Crippen LogP contribution in [0.2, 0.25) is 0 Å². The Morgan fingerprint density at radius 2 is 2.09 bits per heavy atom. The van der Waals surface area contributed by atoms with E-state index in [9.17, 15) is 10.1 Å². The first-order chi connectivity index (χ1) is 11.2. The molecule has 2 aromatic rings. The third-order valence-electron chi connectivity index (χ3n) is 3.44. The fourth-order valence-electron chi connectivity index (χ4n) is 2.36. The first kappa shape index (κ1) is 15.2. The molecule has 0 amide bonds. The van der Waals surface area contributed by atoms with Crippen molar-refractivity contribution in [1.29, 1.82) is 5.26 Å². The molecule has 1 aliphatic rings. The number of nitriles is 1. The van der Waals surface area contributed by atoms with Gasteiger partial charge in [0, 0.05) is 11.1 Å². The molecule has 1 aromatic heterocycles. The maximum absolute atomic E-state index is 11.8. The third-order valence-corrected chi connectivity index (χ3v) is 3.44. The second-order valence-electron chi connectivity index (χ2n) is 4.85. The first-order valence-electron chi connectivity index (χ1n) is 7.23. The molecular formula is C16H15N3O4. The molecule has 3 rings (SSSR count). The lowest BCUT2D eigenvalue weighted by Crippen LogP contribution is -2.06. The monoisotopic (exact) mass is 313 g/mol. The molecule has 1 N–H and O–H groups in total. The summed E-state index contributed by atoms with van der Waals surface area (Å²) in [6, 6.07) is 9.34. The molecule has 0 bridgehead atoms. The fraction of sp³-hybridized carbons (Fsp3) is 0.312. The van der Waals surface area contributed by atoms with Crippen molar-refractivity contribution < 1.29 is 19.0 Å². The summed E-state index contributed by atoms with van der Waals surface area (Å²) in [6.07, 6.45) is -0.353. The molecule has 0 saturated carbocycles. The Kier molecular flexibility index (Phi) is 4.37. The van der Waals surface area contributed by atoms with Gasteiger partial charge in [0.05, 0.1) is 19.8 Å². The molecule has 0 atom stereocenters. The van der Waals surface area contributed by atoms with Crippen LogP contribution in [0.3, 0.4) is 0 Å². The van der Waals surface area contributed by atoms with Crippen molar-refractivity contribution in [3.63, 3.8) is 0 Å². The van der Waals surface area contributed by atoms with Gasteiger partial charge in [-0.1, -0.05) is 24.3 Å². The third kappa shape index (κ3) is 2.95. The number of H-pyrrole nitrogens is 1. The standard InChI is InChI=1S/C16H15N3O4/c1-2-21-15(20)14-12(9-17)13(18-19-14)10-3-5-11(6-4-10)16-22-7-8-23-16/h3-6,16H,2,7-8H2,1H3,(H,18,19). The van der Waals surface area contributed by atoms with E-state index in [-0.39, 0.29) is 24.2 Å². The van der Waals surface area contributed by atoms with Crippen LogP contribution in [0.15, 0.2) is 24.3 Å². The Morgan fingerprint density at radius 3 is 2.70 bits per heavy atom. The molecule has 7 heteroatoms. The smallest absolute Gasteiger partial charge is 0.357 e. The van der Waals surface area contributed by atoms with E-state index in [2.05, 4.69) is 10.2 Å². The predicted molar refractivity (Wildman–Crippen MR) is 79.3 cm³/mol. The van der Waals surface area contributed by atoms with E-state index in [1.807, 2.05) is 30.3 Å². The molecular weight excluding hydrogens is 298 g/mol. The zero-order chi connectivity index (χ0) is 16.2. The zero-order valence-corrected chi connectivity index (χ0v) is 12.5. The molecule has 1 saturated heterocycles. The first-order valence-corrected chi connectivity index (χ1v) is 7.23. The molecule has 2 heterocycles. The number of carbonyl (C=O) groups excluding carboxylic acids is 1. The predicted octanol–water partition coefficient (Wildman–Crippen LogP) is 2.17. The summed E-state index contributed by atoms with van der Waals surface area (Å²) < 4.78 is 15.8. The molecule has 0 unspecified atom stereocenters. The van der Waals surface area contributed by atoms with Gasteiger partial charge in [-0.05, 0) is 6.92 Å². The molecule has 0 spiro atoms. The number of benzene rings is 1. The maximum atomic E-state index is 11.8. The van der Waals surface area contributed by atoms with E-state index in [4.69, 9.17) is 14.2 Å². The summed E-state index contributed by atoms with van der Waals surface area (Å²) in [5.41, 5.74) is 2.26. The van der Waals surface area contributed by atoms with Gasteiger partial charge in [0.15, 0.2) is 12.0 Å². The lowest BCUT2D eigenvalue weighted by atomic mass is 10.0. The number of aromatic nitrogens is 2. The van der Waals surface area contributed by atoms with E-state index in [1.165, 1.54) is 0 Å². The highest BCUT2D eigenvalue weighted by Gasteiger charge is 2.22. The van der Waals surface area contributed by atoms with Crippen molar-refractivity contribution in [1.82, 2.24) is 10.2 Å². The summed E-state index contributed by atoms with van der Waals surface area (Å²) in [7, 11) is 0. The van der Waals surface area contributed by atoms with Gasteiger partial charge in [-0.15, -0.1) is 0 Å². The molecule has 23 heavy (non-hydrogen) atoms. The number of rotatable bonds is 4. The van der Waals surface area contributed by atoms with E-state index in [1.54, 1.807) is 6.92 Å². The van der Waals surface area contributed by atoms with Gasteiger partial charge in [0.2, 0.25) is 0 Å². The van der Waals surface area contributed by atoms with Gasteiger partial charge in [-0.2, -0.15) is 10.4 Å². The minimum atomic E-state index is -0.591. The number of hydrogen-bond donors (Lipinski definition) is 1. The lowest BCUT2D eigenvalue weighted by molar-refractivity contribution is -0.0441. The average molecular weight is 313 g/mol. The lowest BCUT2D eigenvalue weighted by Gasteiger charge is -2.09. The van der Waals surface area contributed by atoms with Gasteiger partial charge >= 0.3 is 5.97 Å². The Bertz CT molecular complexity index is 740. The maximum Gasteiger partial charge on any atom is 0.357 e.